The highest BCUT2D eigenvalue weighted by Gasteiger charge is 2.30. The van der Waals surface area contributed by atoms with Crippen molar-refractivity contribution in [2.45, 2.75) is 31.7 Å². The Labute approximate surface area is 125 Å². The van der Waals surface area contributed by atoms with Gasteiger partial charge in [0.1, 0.15) is 0 Å². The lowest BCUT2D eigenvalue weighted by Gasteiger charge is -2.29. The maximum Gasteiger partial charge on any atom is 0.351 e. The second-order valence-electron chi connectivity index (χ2n) is 4.67. The zero-order valence-electron chi connectivity index (χ0n) is 11.0. The van der Waals surface area contributed by atoms with Gasteiger partial charge in [0.25, 0.3) is 0 Å². The number of amides is 1. The summed E-state index contributed by atoms with van der Waals surface area (Å²) < 4.78 is 4.62. The third-order valence-corrected chi connectivity index (χ3v) is 4.75. The SMILES string of the molecule is COC(=O)c1sc(NC2CCCCC2C(N)=O)nc1Cl. The number of hydrogen-bond acceptors (Lipinski definition) is 6. The zero-order valence-corrected chi connectivity index (χ0v) is 12.6. The molecule has 1 aromatic rings. The molecule has 0 aromatic carbocycles. The van der Waals surface area contributed by atoms with Gasteiger partial charge < -0.3 is 15.8 Å². The van der Waals surface area contributed by atoms with E-state index in [1.54, 1.807) is 0 Å². The van der Waals surface area contributed by atoms with Crippen LogP contribution >= 0.6 is 22.9 Å². The number of anilines is 1. The maximum absolute atomic E-state index is 11.5. The predicted octanol–water partition coefficient (Wildman–Crippen LogP) is 2.04. The lowest BCUT2D eigenvalue weighted by Crippen LogP contribution is -2.40. The number of thiazole rings is 1. The van der Waals surface area contributed by atoms with Gasteiger partial charge in [-0.15, -0.1) is 0 Å². The van der Waals surface area contributed by atoms with Gasteiger partial charge >= 0.3 is 5.97 Å². The minimum absolute atomic E-state index is 0.0611. The van der Waals surface area contributed by atoms with E-state index < -0.39 is 5.97 Å². The molecule has 1 saturated carbocycles. The third-order valence-electron chi connectivity index (χ3n) is 3.40. The van der Waals surface area contributed by atoms with E-state index in [0.717, 1.165) is 37.0 Å². The summed E-state index contributed by atoms with van der Waals surface area (Å²) in [5, 5.41) is 3.78. The highest BCUT2D eigenvalue weighted by molar-refractivity contribution is 7.18. The Kier molecular flexibility index (Phi) is 4.82. The van der Waals surface area contributed by atoms with Gasteiger partial charge in [0.15, 0.2) is 15.2 Å². The van der Waals surface area contributed by atoms with E-state index in [2.05, 4.69) is 15.0 Å². The topological polar surface area (TPSA) is 94.3 Å². The second-order valence-corrected chi connectivity index (χ2v) is 6.03. The fourth-order valence-electron chi connectivity index (χ4n) is 2.38. The van der Waals surface area contributed by atoms with Crippen LogP contribution < -0.4 is 11.1 Å². The van der Waals surface area contributed by atoms with E-state index >= 15 is 0 Å². The van der Waals surface area contributed by atoms with Gasteiger partial charge in [-0.1, -0.05) is 35.8 Å². The van der Waals surface area contributed by atoms with Crippen LogP contribution in [0.4, 0.5) is 5.13 Å². The molecular formula is C12H16ClN3O3S. The smallest absolute Gasteiger partial charge is 0.351 e. The number of methoxy groups -OCH3 is 1. The molecule has 8 heteroatoms. The number of esters is 1. The molecule has 6 nitrogen and oxygen atoms in total. The molecular weight excluding hydrogens is 302 g/mol. The molecule has 2 unspecified atom stereocenters. The van der Waals surface area contributed by atoms with Gasteiger partial charge in [-0.05, 0) is 12.8 Å². The number of rotatable bonds is 4. The summed E-state index contributed by atoms with van der Waals surface area (Å²) in [5.74, 6) is -1.04. The monoisotopic (exact) mass is 317 g/mol. The third kappa shape index (κ3) is 3.21. The first-order chi connectivity index (χ1) is 9.52. The van der Waals surface area contributed by atoms with E-state index in [1.165, 1.54) is 7.11 Å². The van der Waals surface area contributed by atoms with E-state index in [9.17, 15) is 9.59 Å². The number of halogens is 1. The molecule has 1 fully saturated rings. The number of ether oxygens (including phenoxy) is 1. The van der Waals surface area contributed by atoms with E-state index in [1.807, 2.05) is 0 Å². The summed E-state index contributed by atoms with van der Waals surface area (Å²) in [6.45, 7) is 0. The van der Waals surface area contributed by atoms with Gasteiger partial charge in [-0.25, -0.2) is 9.78 Å². The molecule has 1 aliphatic rings. The van der Waals surface area contributed by atoms with Crippen molar-refractivity contribution in [2.24, 2.45) is 11.7 Å². The standard InChI is InChI=1S/C12H16ClN3O3S/c1-19-11(18)8-9(13)16-12(20-8)15-7-5-3-2-4-6(7)10(14)17/h6-7H,2-5H2,1H3,(H2,14,17)(H,15,16). The number of nitrogens with one attached hydrogen (secondary N) is 1. The molecule has 2 atom stereocenters. The summed E-state index contributed by atoms with van der Waals surface area (Å²) in [6, 6.07) is -0.0611. The first-order valence-corrected chi connectivity index (χ1v) is 7.53. The fourth-order valence-corrected chi connectivity index (χ4v) is 3.55. The Hall–Kier alpha value is -1.34. The molecule has 0 spiro atoms. The van der Waals surface area contributed by atoms with Crippen LogP contribution in [0.2, 0.25) is 5.15 Å². The molecule has 110 valence electrons. The Morgan fingerprint density at radius 3 is 2.80 bits per heavy atom. The van der Waals surface area contributed by atoms with Crippen LogP contribution in [0.5, 0.6) is 0 Å². The van der Waals surface area contributed by atoms with Crippen molar-refractivity contribution in [3.8, 4) is 0 Å². The molecule has 20 heavy (non-hydrogen) atoms. The number of aromatic nitrogens is 1. The average molecular weight is 318 g/mol. The van der Waals surface area contributed by atoms with Crippen molar-refractivity contribution >= 4 is 39.9 Å². The number of nitrogens with zero attached hydrogens (tertiary/aromatic N) is 1. The first-order valence-electron chi connectivity index (χ1n) is 6.33. The van der Waals surface area contributed by atoms with Crippen molar-refractivity contribution in [1.29, 1.82) is 0 Å². The second kappa shape index (κ2) is 6.41. The number of nitrogens with two attached hydrogens (primary N) is 1. The maximum atomic E-state index is 11.5. The molecule has 0 radical (unpaired) electrons. The summed E-state index contributed by atoms with van der Waals surface area (Å²) in [6.07, 6.45) is 3.65. The average Bonchev–Trinajstić information content (AvgIpc) is 2.79. The van der Waals surface area contributed by atoms with Gasteiger partial charge in [-0.3, -0.25) is 4.79 Å². The van der Waals surface area contributed by atoms with Crippen molar-refractivity contribution in [3.63, 3.8) is 0 Å². The normalized spacial score (nSPS) is 22.3. The minimum atomic E-state index is -0.518. The van der Waals surface area contributed by atoms with Crippen LogP contribution in [0.1, 0.15) is 35.4 Å². The molecule has 3 N–H and O–H groups in total. The molecule has 1 aromatic heterocycles. The minimum Gasteiger partial charge on any atom is -0.465 e. The Bertz CT molecular complexity index is 520. The quantitative estimate of drug-likeness (QED) is 0.829. The summed E-state index contributed by atoms with van der Waals surface area (Å²) in [5.41, 5.74) is 5.42. The van der Waals surface area contributed by atoms with E-state index in [0.29, 0.717) is 5.13 Å². The van der Waals surface area contributed by atoms with Gasteiger partial charge in [0, 0.05) is 6.04 Å². The summed E-state index contributed by atoms with van der Waals surface area (Å²) >= 11 is 7.02. The van der Waals surface area contributed by atoms with Gasteiger partial charge in [0.2, 0.25) is 5.91 Å². The highest BCUT2D eigenvalue weighted by Crippen LogP contribution is 2.32. The van der Waals surface area contributed by atoms with Crippen LogP contribution in [0.25, 0.3) is 0 Å². The summed E-state index contributed by atoms with van der Waals surface area (Å²) in [4.78, 5) is 27.3. The first kappa shape index (κ1) is 15.1. The number of carbonyl (C=O) groups is 2. The van der Waals surface area contributed by atoms with Crippen molar-refractivity contribution < 1.29 is 14.3 Å². The molecule has 0 aliphatic heterocycles. The van der Waals surface area contributed by atoms with Crippen LogP contribution in [-0.4, -0.2) is 30.0 Å². The molecule has 0 bridgehead atoms. The fraction of sp³-hybridized carbons (Fsp3) is 0.583. The summed E-state index contributed by atoms with van der Waals surface area (Å²) in [7, 11) is 1.29. The van der Waals surface area contributed by atoms with Crippen LogP contribution in [0.3, 0.4) is 0 Å². The zero-order chi connectivity index (χ0) is 14.7. The van der Waals surface area contributed by atoms with Crippen molar-refractivity contribution in [2.75, 3.05) is 12.4 Å². The Morgan fingerprint density at radius 2 is 2.15 bits per heavy atom. The molecule has 2 rings (SSSR count). The van der Waals surface area contributed by atoms with Crippen LogP contribution in [-0.2, 0) is 9.53 Å². The highest BCUT2D eigenvalue weighted by atomic mass is 35.5. The molecule has 1 amide bonds. The van der Waals surface area contributed by atoms with Crippen molar-refractivity contribution in [3.05, 3.63) is 10.0 Å². The van der Waals surface area contributed by atoms with Gasteiger partial charge in [0.05, 0.1) is 13.0 Å². The number of primary amides is 1. The lowest BCUT2D eigenvalue weighted by atomic mass is 9.84. The molecule has 1 aliphatic carbocycles. The largest absolute Gasteiger partial charge is 0.465 e. The van der Waals surface area contributed by atoms with Gasteiger partial charge in [-0.2, -0.15) is 0 Å². The number of carbonyl (C=O) groups excluding carboxylic acids is 2. The molecule has 1 heterocycles. The van der Waals surface area contributed by atoms with E-state index in [-0.39, 0.29) is 27.9 Å². The lowest BCUT2D eigenvalue weighted by molar-refractivity contribution is -0.122. The predicted molar refractivity (Wildman–Crippen MR) is 77.0 cm³/mol. The Morgan fingerprint density at radius 1 is 1.45 bits per heavy atom. The van der Waals surface area contributed by atoms with Crippen LogP contribution in [0.15, 0.2) is 0 Å². The molecule has 0 saturated heterocycles. The van der Waals surface area contributed by atoms with Crippen LogP contribution in [0, 0.1) is 5.92 Å². The van der Waals surface area contributed by atoms with E-state index in [4.69, 9.17) is 17.3 Å². The number of hydrogen-bond donors (Lipinski definition) is 2. The van der Waals surface area contributed by atoms with Crippen molar-refractivity contribution in [1.82, 2.24) is 4.98 Å². The Balaban J connectivity index is 2.12.